The lowest BCUT2D eigenvalue weighted by Gasteiger charge is -2.47. The van der Waals surface area contributed by atoms with Gasteiger partial charge in [0, 0.05) is 55.2 Å². The lowest BCUT2D eigenvalue weighted by molar-refractivity contribution is 0.0579. The Hall–Kier alpha value is -4.61. The summed E-state index contributed by atoms with van der Waals surface area (Å²) in [6.07, 6.45) is 3.03. The Morgan fingerprint density at radius 2 is 1.83 bits per heavy atom. The fourth-order valence-corrected chi connectivity index (χ4v) is 6.49. The van der Waals surface area contributed by atoms with Gasteiger partial charge in [0.15, 0.2) is 11.4 Å². The number of carbonyl (C=O) groups is 2. The van der Waals surface area contributed by atoms with E-state index in [0.29, 0.717) is 31.4 Å². The highest BCUT2D eigenvalue weighted by molar-refractivity contribution is 5.99. The Morgan fingerprint density at radius 1 is 1.14 bits per heavy atom. The van der Waals surface area contributed by atoms with Crippen molar-refractivity contribution in [1.82, 2.24) is 14.8 Å². The highest BCUT2D eigenvalue weighted by atomic mass is 19.1. The molecule has 218 valence electrons. The fourth-order valence-electron chi connectivity index (χ4n) is 6.49. The molecule has 2 N–H and O–H groups in total. The first-order valence-electron chi connectivity index (χ1n) is 13.6. The Kier molecular flexibility index (Phi) is 6.58. The number of hydrogen-bond acceptors (Lipinski definition) is 6. The Bertz CT molecular complexity index is 1690. The second-order valence-corrected chi connectivity index (χ2v) is 11.1. The van der Waals surface area contributed by atoms with Crippen LogP contribution in [0.2, 0.25) is 0 Å². The number of benzene rings is 2. The van der Waals surface area contributed by atoms with Crippen LogP contribution in [0.3, 0.4) is 0 Å². The number of para-hydroxylation sites is 1. The van der Waals surface area contributed by atoms with Crippen molar-refractivity contribution in [2.24, 2.45) is 5.10 Å². The van der Waals surface area contributed by atoms with Gasteiger partial charge in [-0.3, -0.25) is 19.4 Å². The van der Waals surface area contributed by atoms with E-state index in [1.165, 1.54) is 10.8 Å². The van der Waals surface area contributed by atoms with Crippen LogP contribution in [0.1, 0.15) is 65.6 Å². The molecule has 0 radical (unpaired) electrons. The first-order chi connectivity index (χ1) is 20.0. The molecule has 4 heterocycles. The van der Waals surface area contributed by atoms with Gasteiger partial charge in [0.05, 0.1) is 17.3 Å². The van der Waals surface area contributed by atoms with E-state index in [2.05, 4.69) is 5.32 Å². The number of fused-ring (bicyclic) bond motifs is 5. The number of aromatic nitrogens is 1. The van der Waals surface area contributed by atoms with Crippen molar-refractivity contribution < 1.29 is 27.9 Å². The standard InChI is InChI=1S/C30H28F3N5O4/c1-16-12-30(38(35-16)19-6-4-3-5-7-19)9-8-17(2)36-15-24(30)37-14-21(26(39)27(40)25(37)29(36)42)28(41)34-13-20-22(32)10-18(31)11-23(20)33/h3-7,10-11,14,17,24,40H,8-9,12-13,15H2,1-2H3,(H,34,41)/t17-,24+,30?/m0/s1. The lowest BCUT2D eigenvalue weighted by Crippen LogP contribution is -2.56. The van der Waals surface area contributed by atoms with Gasteiger partial charge in [-0.1, -0.05) is 18.2 Å². The normalized spacial score (nSPS) is 23.1. The number of pyridine rings is 1. The lowest BCUT2D eigenvalue weighted by atomic mass is 9.80. The van der Waals surface area contributed by atoms with Crippen molar-refractivity contribution in [3.8, 4) is 5.75 Å². The number of rotatable bonds is 4. The summed E-state index contributed by atoms with van der Waals surface area (Å²) in [5, 5.41) is 20.2. The molecule has 6 rings (SSSR count). The van der Waals surface area contributed by atoms with Gasteiger partial charge in [0.25, 0.3) is 11.8 Å². The van der Waals surface area contributed by atoms with Crippen molar-refractivity contribution in [3.63, 3.8) is 0 Å². The van der Waals surface area contributed by atoms with Crippen LogP contribution in [0.4, 0.5) is 18.9 Å². The van der Waals surface area contributed by atoms with Crippen molar-refractivity contribution in [1.29, 1.82) is 0 Å². The number of nitrogens with zero attached hydrogens (tertiary/aromatic N) is 4. The molecule has 3 aliphatic rings. The molecule has 42 heavy (non-hydrogen) atoms. The molecular weight excluding hydrogens is 551 g/mol. The molecule has 3 aliphatic heterocycles. The maximum absolute atomic E-state index is 14.2. The Labute approximate surface area is 238 Å². The van der Waals surface area contributed by atoms with Crippen LogP contribution in [0, 0.1) is 17.5 Å². The number of anilines is 1. The summed E-state index contributed by atoms with van der Waals surface area (Å²) in [7, 11) is 0. The second kappa shape index (κ2) is 10.0. The van der Waals surface area contributed by atoms with E-state index in [1.807, 2.05) is 49.2 Å². The molecule has 1 fully saturated rings. The number of carbonyl (C=O) groups excluding carboxylic acids is 2. The molecule has 2 bridgehead atoms. The molecule has 2 aromatic carbocycles. The molecule has 9 nitrogen and oxygen atoms in total. The SMILES string of the molecule is CC1=NN(c2ccccc2)C2(CC[C@H](C)N3C[C@H]2n2cc(C(=O)NCc4c(F)cc(F)cc4F)c(=O)c(O)c2C3=O)C1. The van der Waals surface area contributed by atoms with Gasteiger partial charge in [0.2, 0.25) is 5.43 Å². The van der Waals surface area contributed by atoms with E-state index in [4.69, 9.17) is 5.10 Å². The Balaban J connectivity index is 1.45. The van der Waals surface area contributed by atoms with E-state index in [9.17, 15) is 32.7 Å². The molecule has 3 atom stereocenters. The third-order valence-electron chi connectivity index (χ3n) is 8.56. The van der Waals surface area contributed by atoms with Crippen molar-refractivity contribution in [2.75, 3.05) is 11.6 Å². The monoisotopic (exact) mass is 579 g/mol. The summed E-state index contributed by atoms with van der Waals surface area (Å²) in [6, 6.07) is 9.80. The number of hydrogen-bond donors (Lipinski definition) is 2. The topological polar surface area (TPSA) is 107 Å². The summed E-state index contributed by atoms with van der Waals surface area (Å²) in [5.74, 6) is -5.94. The van der Waals surface area contributed by atoms with Crippen LogP contribution in [-0.4, -0.2) is 50.2 Å². The van der Waals surface area contributed by atoms with Gasteiger partial charge in [-0.2, -0.15) is 5.10 Å². The van der Waals surface area contributed by atoms with E-state index in [-0.39, 0.29) is 18.3 Å². The fraction of sp³-hybridized carbons (Fsp3) is 0.333. The maximum Gasteiger partial charge on any atom is 0.274 e. The minimum absolute atomic E-state index is 0.190. The Morgan fingerprint density at radius 3 is 2.52 bits per heavy atom. The van der Waals surface area contributed by atoms with E-state index < -0.39 is 69.7 Å². The predicted octanol–water partition coefficient (Wildman–Crippen LogP) is 4.11. The van der Waals surface area contributed by atoms with Crippen LogP contribution >= 0.6 is 0 Å². The minimum Gasteiger partial charge on any atom is -0.503 e. The minimum atomic E-state index is -1.20. The number of amides is 2. The molecule has 1 saturated heterocycles. The molecule has 1 aromatic heterocycles. The summed E-state index contributed by atoms with van der Waals surface area (Å²) in [5.41, 5.74) is -1.41. The smallest absolute Gasteiger partial charge is 0.274 e. The highest BCUT2D eigenvalue weighted by Gasteiger charge is 2.55. The van der Waals surface area contributed by atoms with Crippen LogP contribution < -0.4 is 15.8 Å². The van der Waals surface area contributed by atoms with Gasteiger partial charge in [-0.25, -0.2) is 13.2 Å². The van der Waals surface area contributed by atoms with Gasteiger partial charge < -0.3 is 19.9 Å². The molecule has 0 saturated carbocycles. The number of hydrazone groups is 1. The second-order valence-electron chi connectivity index (χ2n) is 11.1. The molecular formula is C30H28F3N5O4. The zero-order valence-electron chi connectivity index (χ0n) is 22.9. The summed E-state index contributed by atoms with van der Waals surface area (Å²) in [4.78, 5) is 41.7. The molecule has 2 amide bonds. The number of halogens is 3. The zero-order chi connectivity index (χ0) is 29.9. The molecule has 0 aliphatic carbocycles. The predicted molar refractivity (Wildman–Crippen MR) is 148 cm³/mol. The maximum atomic E-state index is 14.2. The average Bonchev–Trinajstić information content (AvgIpc) is 3.23. The molecule has 1 spiro atoms. The molecule has 12 heteroatoms. The van der Waals surface area contributed by atoms with Crippen molar-refractivity contribution in [3.05, 3.63) is 93.2 Å². The number of nitrogens with one attached hydrogen (secondary N) is 1. The third kappa shape index (κ3) is 4.24. The summed E-state index contributed by atoms with van der Waals surface area (Å²) in [6.45, 7) is 3.41. The molecule has 1 unspecified atom stereocenters. The van der Waals surface area contributed by atoms with Gasteiger partial charge in [0.1, 0.15) is 23.0 Å². The van der Waals surface area contributed by atoms with Crippen LogP contribution in [-0.2, 0) is 6.54 Å². The summed E-state index contributed by atoms with van der Waals surface area (Å²) < 4.78 is 43.1. The first-order valence-corrected chi connectivity index (χ1v) is 13.6. The quantitative estimate of drug-likeness (QED) is 0.484. The van der Waals surface area contributed by atoms with E-state index >= 15 is 0 Å². The third-order valence-corrected chi connectivity index (χ3v) is 8.56. The summed E-state index contributed by atoms with van der Waals surface area (Å²) >= 11 is 0. The largest absolute Gasteiger partial charge is 0.503 e. The highest BCUT2D eigenvalue weighted by Crippen LogP contribution is 2.49. The zero-order valence-corrected chi connectivity index (χ0v) is 22.9. The first kappa shape index (κ1) is 27.6. The van der Waals surface area contributed by atoms with Crippen LogP contribution in [0.5, 0.6) is 5.75 Å². The van der Waals surface area contributed by atoms with Crippen molar-refractivity contribution >= 4 is 23.2 Å². The number of aromatic hydroxyl groups is 1. The van der Waals surface area contributed by atoms with Crippen LogP contribution in [0.15, 0.2) is 58.6 Å². The van der Waals surface area contributed by atoms with Gasteiger partial charge in [-0.05, 0) is 38.8 Å². The van der Waals surface area contributed by atoms with E-state index in [1.54, 1.807) is 4.90 Å². The van der Waals surface area contributed by atoms with Crippen molar-refractivity contribution in [2.45, 2.75) is 57.3 Å². The van der Waals surface area contributed by atoms with Crippen LogP contribution in [0.25, 0.3) is 0 Å². The van der Waals surface area contributed by atoms with Gasteiger partial charge in [-0.15, -0.1) is 0 Å². The van der Waals surface area contributed by atoms with E-state index in [0.717, 1.165) is 11.4 Å². The van der Waals surface area contributed by atoms with Gasteiger partial charge >= 0.3 is 0 Å². The molecule has 3 aromatic rings. The average molecular weight is 580 g/mol.